The summed E-state index contributed by atoms with van der Waals surface area (Å²) in [6, 6.07) is 6.51. The van der Waals surface area contributed by atoms with E-state index in [1.807, 2.05) is 6.92 Å². The van der Waals surface area contributed by atoms with Crippen LogP contribution >= 0.6 is 11.6 Å². The van der Waals surface area contributed by atoms with Gasteiger partial charge in [-0.1, -0.05) is 31.0 Å². The number of anilines is 1. The zero-order chi connectivity index (χ0) is 11.3. The SMILES string of the molecule is CCC[C@@H](Nc1cccc(Cl)c1)C(=O)O. The number of carboxylic acids is 1. The Morgan fingerprint density at radius 1 is 1.60 bits per heavy atom. The number of carboxylic acid groups (broad SMARTS) is 1. The molecular formula is C11H14ClNO2. The van der Waals surface area contributed by atoms with Gasteiger partial charge in [0, 0.05) is 10.7 Å². The minimum atomic E-state index is -0.836. The van der Waals surface area contributed by atoms with Crippen molar-refractivity contribution in [3.8, 4) is 0 Å². The van der Waals surface area contributed by atoms with Crippen LogP contribution in [-0.2, 0) is 4.79 Å². The van der Waals surface area contributed by atoms with E-state index < -0.39 is 12.0 Å². The van der Waals surface area contributed by atoms with Crippen molar-refractivity contribution in [1.82, 2.24) is 0 Å². The Balaban J connectivity index is 2.69. The highest BCUT2D eigenvalue weighted by Crippen LogP contribution is 2.16. The topological polar surface area (TPSA) is 49.3 Å². The summed E-state index contributed by atoms with van der Waals surface area (Å²) in [5.41, 5.74) is 0.739. The number of carbonyl (C=O) groups is 1. The van der Waals surface area contributed by atoms with Gasteiger partial charge in [0.05, 0.1) is 0 Å². The van der Waals surface area contributed by atoms with Crippen LogP contribution in [0.25, 0.3) is 0 Å². The molecule has 0 fully saturated rings. The second kappa shape index (κ2) is 5.61. The molecule has 15 heavy (non-hydrogen) atoms. The third-order valence-corrected chi connectivity index (χ3v) is 2.28. The Kier molecular flexibility index (Phi) is 4.43. The zero-order valence-electron chi connectivity index (χ0n) is 8.53. The molecule has 4 heteroatoms. The molecule has 1 aromatic rings. The summed E-state index contributed by atoms with van der Waals surface area (Å²) in [5.74, 6) is -0.836. The summed E-state index contributed by atoms with van der Waals surface area (Å²) in [7, 11) is 0. The average Bonchev–Trinajstić information content (AvgIpc) is 2.17. The fourth-order valence-corrected chi connectivity index (χ4v) is 1.52. The van der Waals surface area contributed by atoms with Gasteiger partial charge in [0.25, 0.3) is 0 Å². The van der Waals surface area contributed by atoms with Crippen molar-refractivity contribution in [3.05, 3.63) is 29.3 Å². The lowest BCUT2D eigenvalue weighted by atomic mass is 10.1. The molecule has 3 nitrogen and oxygen atoms in total. The number of halogens is 1. The van der Waals surface area contributed by atoms with Crippen LogP contribution in [0, 0.1) is 0 Å². The third-order valence-electron chi connectivity index (χ3n) is 2.04. The van der Waals surface area contributed by atoms with Crippen molar-refractivity contribution in [2.24, 2.45) is 0 Å². The molecule has 0 aliphatic heterocycles. The van der Waals surface area contributed by atoms with Gasteiger partial charge in [-0.15, -0.1) is 0 Å². The van der Waals surface area contributed by atoms with E-state index in [4.69, 9.17) is 16.7 Å². The van der Waals surface area contributed by atoms with Gasteiger partial charge in [-0.2, -0.15) is 0 Å². The standard InChI is InChI=1S/C11H14ClNO2/c1-2-4-10(11(14)15)13-9-6-3-5-8(12)7-9/h3,5-7,10,13H,2,4H2,1H3,(H,14,15)/t10-/m1/s1. The summed E-state index contributed by atoms with van der Waals surface area (Å²) in [6.45, 7) is 1.95. The number of hydrogen-bond donors (Lipinski definition) is 2. The van der Waals surface area contributed by atoms with Crippen LogP contribution in [0.2, 0.25) is 5.02 Å². The van der Waals surface area contributed by atoms with Crippen molar-refractivity contribution in [3.63, 3.8) is 0 Å². The maximum Gasteiger partial charge on any atom is 0.326 e. The predicted molar refractivity (Wildman–Crippen MR) is 61.4 cm³/mol. The third kappa shape index (κ3) is 3.80. The molecule has 82 valence electrons. The van der Waals surface area contributed by atoms with Gasteiger partial charge >= 0.3 is 5.97 Å². The smallest absolute Gasteiger partial charge is 0.326 e. The van der Waals surface area contributed by atoms with Crippen LogP contribution in [-0.4, -0.2) is 17.1 Å². The molecule has 0 unspecified atom stereocenters. The van der Waals surface area contributed by atoms with Crippen LogP contribution in [0.3, 0.4) is 0 Å². The highest BCUT2D eigenvalue weighted by molar-refractivity contribution is 6.30. The maximum absolute atomic E-state index is 10.9. The zero-order valence-corrected chi connectivity index (χ0v) is 9.29. The second-order valence-corrected chi connectivity index (χ2v) is 3.77. The van der Waals surface area contributed by atoms with Gasteiger partial charge in [0.15, 0.2) is 0 Å². The summed E-state index contributed by atoms with van der Waals surface area (Å²) in [5, 5.41) is 12.5. The molecule has 0 amide bonds. The van der Waals surface area contributed by atoms with Gasteiger partial charge in [-0.25, -0.2) is 4.79 Å². The Bertz CT molecular complexity index is 341. The van der Waals surface area contributed by atoms with E-state index in [0.717, 1.165) is 12.1 Å². The molecule has 0 saturated carbocycles. The van der Waals surface area contributed by atoms with Crippen molar-refractivity contribution in [1.29, 1.82) is 0 Å². The first-order chi connectivity index (χ1) is 7.13. The number of rotatable bonds is 5. The van der Waals surface area contributed by atoms with E-state index in [2.05, 4.69) is 5.32 Å². The van der Waals surface area contributed by atoms with E-state index in [1.165, 1.54) is 0 Å². The van der Waals surface area contributed by atoms with Crippen molar-refractivity contribution in [2.75, 3.05) is 5.32 Å². The summed E-state index contributed by atoms with van der Waals surface area (Å²) >= 11 is 5.80. The van der Waals surface area contributed by atoms with Crippen LogP contribution < -0.4 is 5.32 Å². The van der Waals surface area contributed by atoms with Gasteiger partial charge in [-0.05, 0) is 24.6 Å². The molecule has 0 bridgehead atoms. The molecule has 1 atom stereocenters. The fourth-order valence-electron chi connectivity index (χ4n) is 1.33. The van der Waals surface area contributed by atoms with Crippen LogP contribution in [0.15, 0.2) is 24.3 Å². The van der Waals surface area contributed by atoms with Crippen molar-refractivity contribution >= 4 is 23.3 Å². The average molecular weight is 228 g/mol. The number of nitrogens with one attached hydrogen (secondary N) is 1. The van der Waals surface area contributed by atoms with E-state index in [1.54, 1.807) is 24.3 Å². The molecule has 0 aliphatic rings. The quantitative estimate of drug-likeness (QED) is 0.813. The summed E-state index contributed by atoms with van der Waals surface area (Å²) in [6.07, 6.45) is 1.42. The van der Waals surface area contributed by atoms with Gasteiger partial charge < -0.3 is 10.4 Å². The highest BCUT2D eigenvalue weighted by atomic mass is 35.5. The molecule has 0 saturated heterocycles. The number of aliphatic carboxylic acids is 1. The molecule has 0 aromatic heterocycles. The van der Waals surface area contributed by atoms with Gasteiger partial charge in [0.2, 0.25) is 0 Å². The minimum Gasteiger partial charge on any atom is -0.480 e. The molecule has 0 heterocycles. The van der Waals surface area contributed by atoms with Gasteiger partial charge in [0.1, 0.15) is 6.04 Å². The number of benzene rings is 1. The van der Waals surface area contributed by atoms with E-state index in [0.29, 0.717) is 11.4 Å². The summed E-state index contributed by atoms with van der Waals surface area (Å²) in [4.78, 5) is 10.9. The second-order valence-electron chi connectivity index (χ2n) is 3.33. The molecule has 0 spiro atoms. The maximum atomic E-state index is 10.9. The predicted octanol–water partition coefficient (Wildman–Crippen LogP) is 3.01. The molecule has 2 N–H and O–H groups in total. The Hall–Kier alpha value is -1.22. The van der Waals surface area contributed by atoms with Gasteiger partial charge in [-0.3, -0.25) is 0 Å². The first-order valence-corrected chi connectivity index (χ1v) is 5.26. The van der Waals surface area contributed by atoms with Crippen molar-refractivity contribution < 1.29 is 9.90 Å². The van der Waals surface area contributed by atoms with Crippen molar-refractivity contribution in [2.45, 2.75) is 25.8 Å². The Morgan fingerprint density at radius 2 is 2.33 bits per heavy atom. The molecular weight excluding hydrogens is 214 g/mol. The normalized spacial score (nSPS) is 12.1. The lowest BCUT2D eigenvalue weighted by Crippen LogP contribution is -2.28. The largest absolute Gasteiger partial charge is 0.480 e. The van der Waals surface area contributed by atoms with Crippen LogP contribution in [0.1, 0.15) is 19.8 Å². The molecule has 1 aromatic carbocycles. The minimum absolute atomic E-state index is 0.548. The first kappa shape index (κ1) is 11.9. The van der Waals surface area contributed by atoms with E-state index in [9.17, 15) is 4.79 Å². The van der Waals surface area contributed by atoms with Crippen LogP contribution in [0.5, 0.6) is 0 Å². The van der Waals surface area contributed by atoms with E-state index >= 15 is 0 Å². The fraction of sp³-hybridized carbons (Fsp3) is 0.364. The molecule has 0 aliphatic carbocycles. The lowest BCUT2D eigenvalue weighted by molar-refractivity contribution is -0.138. The number of hydrogen-bond acceptors (Lipinski definition) is 2. The Labute approximate surface area is 94.1 Å². The molecule has 1 rings (SSSR count). The van der Waals surface area contributed by atoms with Crippen LogP contribution in [0.4, 0.5) is 5.69 Å². The molecule has 0 radical (unpaired) electrons. The lowest BCUT2D eigenvalue weighted by Gasteiger charge is -2.14. The summed E-state index contributed by atoms with van der Waals surface area (Å²) < 4.78 is 0. The Morgan fingerprint density at radius 3 is 2.87 bits per heavy atom. The first-order valence-electron chi connectivity index (χ1n) is 4.88. The van der Waals surface area contributed by atoms with E-state index in [-0.39, 0.29) is 0 Å². The highest BCUT2D eigenvalue weighted by Gasteiger charge is 2.15. The monoisotopic (exact) mass is 227 g/mol.